The van der Waals surface area contributed by atoms with E-state index in [0.29, 0.717) is 27.2 Å². The number of ether oxygens (including phenoxy) is 1. The van der Waals surface area contributed by atoms with E-state index in [1.165, 1.54) is 6.07 Å². The van der Waals surface area contributed by atoms with Gasteiger partial charge in [0.05, 0.1) is 10.6 Å². The Hall–Kier alpha value is -2.70. The number of nitrogens with one attached hydrogen (secondary N) is 1. The lowest BCUT2D eigenvalue weighted by atomic mass is 10.1. The molecule has 0 radical (unpaired) electrons. The maximum absolute atomic E-state index is 12.5. The third kappa shape index (κ3) is 2.55. The number of rotatable bonds is 2. The molecule has 6 nitrogen and oxygen atoms in total. The fourth-order valence-electron chi connectivity index (χ4n) is 2.43. The molecule has 0 aliphatic carbocycles. The fraction of sp³-hybridized carbons (Fsp3) is 0. The number of hydrogen-bond acceptors (Lipinski definition) is 5. The monoisotopic (exact) mass is 358 g/mol. The number of ketones is 1. The number of hydrogen-bond donors (Lipinski definition) is 1. The SMILES string of the molecule is O=C1/C(=C/c2cccc(-c3nnn[nH]3)c2)Oc2c(Cl)cc(Cl)cc21. The Bertz CT molecular complexity index is 984. The summed E-state index contributed by atoms with van der Waals surface area (Å²) in [6.07, 6.45) is 1.64. The van der Waals surface area contributed by atoms with E-state index in [1.807, 2.05) is 24.3 Å². The molecule has 3 aromatic rings. The summed E-state index contributed by atoms with van der Waals surface area (Å²) in [6.45, 7) is 0. The van der Waals surface area contributed by atoms with Crippen molar-refractivity contribution in [1.29, 1.82) is 0 Å². The highest BCUT2D eigenvalue weighted by Gasteiger charge is 2.30. The molecule has 4 rings (SSSR count). The van der Waals surface area contributed by atoms with Gasteiger partial charge in [-0.1, -0.05) is 41.4 Å². The standard InChI is InChI=1S/C16H8Cl2N4O2/c17-10-6-11-14(23)13(24-15(11)12(18)7-10)5-8-2-1-3-9(4-8)16-19-21-22-20-16/h1-7H,(H,19,20,21,22)/b13-5-. The number of Topliss-reactive ketones (excluding diaryl/α,β-unsaturated/α-hetero) is 1. The second kappa shape index (κ2) is 5.74. The van der Waals surface area contributed by atoms with E-state index >= 15 is 0 Å². The van der Waals surface area contributed by atoms with Crippen molar-refractivity contribution in [2.45, 2.75) is 0 Å². The Morgan fingerprint density at radius 1 is 1.17 bits per heavy atom. The largest absolute Gasteiger partial charge is 0.451 e. The van der Waals surface area contributed by atoms with Gasteiger partial charge in [0.1, 0.15) is 0 Å². The molecule has 0 bridgehead atoms. The van der Waals surface area contributed by atoms with Gasteiger partial charge < -0.3 is 4.74 Å². The number of carbonyl (C=O) groups is 1. The summed E-state index contributed by atoms with van der Waals surface area (Å²) in [4.78, 5) is 12.5. The third-order valence-corrected chi connectivity index (χ3v) is 3.99. The molecule has 0 amide bonds. The van der Waals surface area contributed by atoms with E-state index in [-0.39, 0.29) is 11.5 Å². The Morgan fingerprint density at radius 2 is 2.04 bits per heavy atom. The van der Waals surface area contributed by atoms with Crippen LogP contribution in [-0.4, -0.2) is 26.4 Å². The lowest BCUT2D eigenvalue weighted by Gasteiger charge is -2.02. The van der Waals surface area contributed by atoms with Crippen molar-refractivity contribution in [2.24, 2.45) is 0 Å². The minimum atomic E-state index is -0.263. The smallest absolute Gasteiger partial charge is 0.232 e. The van der Waals surface area contributed by atoms with Gasteiger partial charge >= 0.3 is 0 Å². The van der Waals surface area contributed by atoms with Crippen LogP contribution in [0.2, 0.25) is 10.0 Å². The summed E-state index contributed by atoms with van der Waals surface area (Å²) in [6, 6.07) is 10.4. The molecular formula is C16H8Cl2N4O2. The Balaban J connectivity index is 1.72. The number of carbonyl (C=O) groups excluding carboxylic acids is 1. The molecule has 0 spiro atoms. The lowest BCUT2D eigenvalue weighted by molar-refractivity contribution is 0.101. The molecule has 0 saturated heterocycles. The van der Waals surface area contributed by atoms with Crippen LogP contribution in [0.4, 0.5) is 0 Å². The molecule has 118 valence electrons. The quantitative estimate of drug-likeness (QED) is 0.704. The highest BCUT2D eigenvalue weighted by molar-refractivity contribution is 6.37. The van der Waals surface area contributed by atoms with E-state index in [1.54, 1.807) is 12.1 Å². The van der Waals surface area contributed by atoms with Crippen molar-refractivity contribution < 1.29 is 9.53 Å². The van der Waals surface area contributed by atoms with Gasteiger partial charge in [0, 0.05) is 10.6 Å². The summed E-state index contributed by atoms with van der Waals surface area (Å²) in [7, 11) is 0. The van der Waals surface area contributed by atoms with Crippen molar-refractivity contribution in [3.8, 4) is 17.1 Å². The van der Waals surface area contributed by atoms with Crippen molar-refractivity contribution >= 4 is 35.1 Å². The normalized spacial score (nSPS) is 14.8. The topological polar surface area (TPSA) is 80.8 Å². The van der Waals surface area contributed by atoms with Crippen molar-refractivity contribution in [2.75, 3.05) is 0 Å². The number of halogens is 2. The van der Waals surface area contributed by atoms with Gasteiger partial charge in [-0.15, -0.1) is 5.10 Å². The Morgan fingerprint density at radius 3 is 2.83 bits per heavy atom. The van der Waals surface area contributed by atoms with Crippen molar-refractivity contribution in [3.05, 3.63) is 63.3 Å². The fourth-order valence-corrected chi connectivity index (χ4v) is 2.96. The summed E-state index contributed by atoms with van der Waals surface area (Å²) >= 11 is 12.0. The van der Waals surface area contributed by atoms with E-state index in [4.69, 9.17) is 27.9 Å². The molecule has 1 aromatic heterocycles. The van der Waals surface area contributed by atoms with Crippen LogP contribution in [0.5, 0.6) is 5.75 Å². The molecule has 0 atom stereocenters. The van der Waals surface area contributed by atoms with Gasteiger partial charge in [-0.2, -0.15) is 0 Å². The van der Waals surface area contributed by atoms with E-state index in [2.05, 4.69) is 20.6 Å². The molecule has 1 aliphatic heterocycles. The highest BCUT2D eigenvalue weighted by atomic mass is 35.5. The molecule has 8 heteroatoms. The number of H-pyrrole nitrogens is 1. The van der Waals surface area contributed by atoms with Crippen LogP contribution < -0.4 is 4.74 Å². The summed E-state index contributed by atoms with van der Waals surface area (Å²) in [5, 5.41) is 14.3. The van der Waals surface area contributed by atoms with Crippen LogP contribution in [0, 0.1) is 0 Å². The predicted octanol–water partition coefficient (Wildman–Crippen LogP) is 3.79. The first-order valence-electron chi connectivity index (χ1n) is 6.89. The van der Waals surface area contributed by atoms with E-state index < -0.39 is 0 Å². The number of benzene rings is 2. The Labute approximate surface area is 146 Å². The second-order valence-electron chi connectivity index (χ2n) is 5.08. The van der Waals surface area contributed by atoms with Crippen LogP contribution >= 0.6 is 23.2 Å². The maximum atomic E-state index is 12.5. The minimum absolute atomic E-state index is 0.182. The number of nitrogens with zero attached hydrogens (tertiary/aromatic N) is 3. The van der Waals surface area contributed by atoms with Crippen LogP contribution in [0.3, 0.4) is 0 Å². The predicted molar refractivity (Wildman–Crippen MR) is 89.0 cm³/mol. The van der Waals surface area contributed by atoms with Crippen LogP contribution in [0.25, 0.3) is 17.5 Å². The van der Waals surface area contributed by atoms with Crippen molar-refractivity contribution in [3.63, 3.8) is 0 Å². The lowest BCUT2D eigenvalue weighted by Crippen LogP contribution is -1.98. The first-order valence-corrected chi connectivity index (χ1v) is 7.65. The van der Waals surface area contributed by atoms with Crippen LogP contribution in [0.1, 0.15) is 15.9 Å². The van der Waals surface area contributed by atoms with Crippen LogP contribution in [-0.2, 0) is 0 Å². The summed E-state index contributed by atoms with van der Waals surface area (Å²) < 4.78 is 5.61. The van der Waals surface area contributed by atoms with Gasteiger partial charge in [0.2, 0.25) is 5.78 Å². The molecule has 0 saturated carbocycles. The summed E-state index contributed by atoms with van der Waals surface area (Å²) in [5.41, 5.74) is 1.91. The molecule has 2 heterocycles. The first kappa shape index (κ1) is 14.9. The van der Waals surface area contributed by atoms with Crippen molar-refractivity contribution in [1.82, 2.24) is 20.6 Å². The highest BCUT2D eigenvalue weighted by Crippen LogP contribution is 2.40. The molecule has 1 aliphatic rings. The second-order valence-corrected chi connectivity index (χ2v) is 5.92. The minimum Gasteiger partial charge on any atom is -0.451 e. The number of aromatic amines is 1. The average Bonchev–Trinajstić information content (AvgIpc) is 3.19. The number of aromatic nitrogens is 4. The Kier molecular flexibility index (Phi) is 3.55. The zero-order valence-electron chi connectivity index (χ0n) is 12.0. The molecule has 1 N–H and O–H groups in total. The zero-order valence-corrected chi connectivity index (χ0v) is 13.5. The number of fused-ring (bicyclic) bond motifs is 1. The summed E-state index contributed by atoms with van der Waals surface area (Å²) in [5.74, 6) is 0.781. The van der Waals surface area contributed by atoms with Gasteiger partial charge in [-0.25, -0.2) is 5.10 Å². The zero-order chi connectivity index (χ0) is 16.7. The molecule has 24 heavy (non-hydrogen) atoms. The van der Waals surface area contributed by atoms with Gasteiger partial charge in [0.15, 0.2) is 17.3 Å². The molecule has 2 aromatic carbocycles. The molecule has 0 unspecified atom stereocenters. The van der Waals surface area contributed by atoms with Crippen LogP contribution in [0.15, 0.2) is 42.2 Å². The molecular weight excluding hydrogens is 351 g/mol. The van der Waals surface area contributed by atoms with Gasteiger partial charge in [-0.05, 0) is 40.3 Å². The first-order chi connectivity index (χ1) is 11.6. The van der Waals surface area contributed by atoms with Gasteiger partial charge in [-0.3, -0.25) is 4.79 Å². The van der Waals surface area contributed by atoms with Gasteiger partial charge in [0.25, 0.3) is 0 Å². The number of allylic oxidation sites excluding steroid dienone is 1. The number of tetrazole rings is 1. The molecule has 0 fully saturated rings. The maximum Gasteiger partial charge on any atom is 0.232 e. The van der Waals surface area contributed by atoms with E-state index in [0.717, 1.165) is 11.1 Å². The average molecular weight is 359 g/mol. The third-order valence-electron chi connectivity index (χ3n) is 3.49. The van der Waals surface area contributed by atoms with E-state index in [9.17, 15) is 4.79 Å².